The third-order valence-electron chi connectivity index (χ3n) is 4.18. The zero-order valence-corrected chi connectivity index (χ0v) is 16.6. The predicted molar refractivity (Wildman–Crippen MR) is 108 cm³/mol. The molecule has 0 amide bonds. The van der Waals surface area contributed by atoms with Crippen molar-refractivity contribution in [3.05, 3.63) is 69.7 Å². The van der Waals surface area contributed by atoms with Crippen molar-refractivity contribution in [2.24, 2.45) is 0 Å². The van der Waals surface area contributed by atoms with Crippen LogP contribution in [0.15, 0.2) is 53.3 Å². The molecular weight excluding hydrogens is 394 g/mol. The van der Waals surface area contributed by atoms with Crippen molar-refractivity contribution in [1.29, 1.82) is 5.26 Å². The van der Waals surface area contributed by atoms with Gasteiger partial charge in [0.15, 0.2) is 11.4 Å². The van der Waals surface area contributed by atoms with Gasteiger partial charge in [-0.15, -0.1) is 0 Å². The number of hydrogen-bond acceptors (Lipinski definition) is 6. The molecule has 0 fully saturated rings. The van der Waals surface area contributed by atoms with E-state index in [0.29, 0.717) is 21.7 Å². The van der Waals surface area contributed by atoms with Gasteiger partial charge in [0.1, 0.15) is 18.9 Å². The Morgan fingerprint density at radius 2 is 1.90 bits per heavy atom. The number of aromatic nitrogens is 2. The summed E-state index contributed by atoms with van der Waals surface area (Å²) < 4.78 is 12.3. The van der Waals surface area contributed by atoms with Crippen LogP contribution in [0.25, 0.3) is 10.9 Å². The first-order valence-corrected chi connectivity index (χ1v) is 9.17. The van der Waals surface area contributed by atoms with Gasteiger partial charge in [0.25, 0.3) is 5.56 Å². The first kappa shape index (κ1) is 20.4. The second-order valence-corrected chi connectivity index (χ2v) is 7.17. The van der Waals surface area contributed by atoms with Gasteiger partial charge in [-0.25, -0.2) is 9.78 Å². The maximum Gasteiger partial charge on any atom is 0.350 e. The molecule has 0 aliphatic rings. The molecule has 0 aliphatic heterocycles. The van der Waals surface area contributed by atoms with Gasteiger partial charge in [-0.2, -0.15) is 5.26 Å². The number of nitriles is 1. The van der Waals surface area contributed by atoms with E-state index in [1.54, 1.807) is 62.4 Å². The van der Waals surface area contributed by atoms with Crippen LogP contribution < -0.4 is 10.3 Å². The van der Waals surface area contributed by atoms with E-state index in [0.717, 1.165) is 0 Å². The Kier molecular flexibility index (Phi) is 5.85. The third-order valence-corrected chi connectivity index (χ3v) is 4.43. The van der Waals surface area contributed by atoms with Crippen LogP contribution in [0.4, 0.5) is 0 Å². The molecule has 2 aromatic carbocycles. The van der Waals surface area contributed by atoms with Crippen molar-refractivity contribution in [3.63, 3.8) is 0 Å². The predicted octanol–water partition coefficient (Wildman–Crippen LogP) is 3.47. The molecule has 148 valence electrons. The first-order valence-electron chi connectivity index (χ1n) is 8.79. The summed E-state index contributed by atoms with van der Waals surface area (Å²) in [4.78, 5) is 29.6. The van der Waals surface area contributed by atoms with Gasteiger partial charge >= 0.3 is 5.97 Å². The second-order valence-electron chi connectivity index (χ2n) is 6.74. The summed E-state index contributed by atoms with van der Waals surface area (Å²) >= 11 is 5.85. The minimum atomic E-state index is -1.29. The number of esters is 1. The molecular formula is C21H18ClN3O4. The number of ether oxygens (including phenoxy) is 2. The third kappa shape index (κ3) is 4.55. The fourth-order valence-electron chi connectivity index (χ4n) is 2.70. The fraction of sp³-hybridized carbons (Fsp3) is 0.238. The molecule has 0 atom stereocenters. The van der Waals surface area contributed by atoms with Crippen molar-refractivity contribution in [1.82, 2.24) is 9.55 Å². The minimum absolute atomic E-state index is 0.186. The molecule has 0 saturated heterocycles. The molecule has 7 nitrogen and oxygen atoms in total. The summed E-state index contributed by atoms with van der Waals surface area (Å²) in [5, 5.41) is 10.0. The highest BCUT2D eigenvalue weighted by Gasteiger charge is 2.32. The molecule has 0 bridgehead atoms. The molecule has 0 spiro atoms. The number of nitrogens with zero attached hydrogens (tertiary/aromatic N) is 3. The lowest BCUT2D eigenvalue weighted by molar-refractivity contribution is -0.161. The van der Waals surface area contributed by atoms with Crippen LogP contribution in [-0.4, -0.2) is 21.1 Å². The number of carbonyl (C=O) groups is 1. The smallest absolute Gasteiger partial charge is 0.350 e. The topological polar surface area (TPSA) is 94.2 Å². The Labute approximate surface area is 172 Å². The van der Waals surface area contributed by atoms with Crippen LogP contribution in [0, 0.1) is 11.3 Å². The molecule has 0 N–H and O–H groups in total. The lowest BCUT2D eigenvalue weighted by Gasteiger charge is -2.24. The van der Waals surface area contributed by atoms with Crippen molar-refractivity contribution in [2.45, 2.75) is 32.6 Å². The van der Waals surface area contributed by atoms with Gasteiger partial charge < -0.3 is 9.47 Å². The van der Waals surface area contributed by atoms with Gasteiger partial charge in [0, 0.05) is 5.02 Å². The van der Waals surface area contributed by atoms with E-state index in [4.69, 9.17) is 26.3 Å². The Morgan fingerprint density at radius 3 is 2.59 bits per heavy atom. The highest BCUT2D eigenvalue weighted by Crippen LogP contribution is 2.22. The second kappa shape index (κ2) is 8.33. The summed E-state index contributed by atoms with van der Waals surface area (Å²) in [5.41, 5.74) is -1.18. The molecule has 8 heteroatoms. The van der Waals surface area contributed by atoms with E-state index in [1.165, 1.54) is 4.57 Å². The van der Waals surface area contributed by atoms with Gasteiger partial charge in [-0.3, -0.25) is 9.36 Å². The average Bonchev–Trinajstić information content (AvgIpc) is 2.70. The normalized spacial score (nSPS) is 11.1. The fourth-order valence-corrected chi connectivity index (χ4v) is 2.83. The number of rotatable bonds is 6. The van der Waals surface area contributed by atoms with Crippen LogP contribution in [0.2, 0.25) is 5.02 Å². The molecule has 3 rings (SSSR count). The maximum absolute atomic E-state index is 12.6. The summed E-state index contributed by atoms with van der Waals surface area (Å²) in [6.45, 7) is 2.67. The SMILES string of the molecule is CC(C)(Oc1ccc(Cl)cc1)C(=O)OCc1nc2ccccc2c(=O)n1CC#N. The number of benzene rings is 2. The van der Waals surface area contributed by atoms with Gasteiger partial charge in [-0.05, 0) is 50.2 Å². The molecule has 0 radical (unpaired) electrons. The highest BCUT2D eigenvalue weighted by molar-refractivity contribution is 6.30. The van der Waals surface area contributed by atoms with E-state index >= 15 is 0 Å². The molecule has 0 saturated carbocycles. The molecule has 0 unspecified atom stereocenters. The zero-order chi connectivity index (χ0) is 21.0. The van der Waals surface area contributed by atoms with Crippen molar-refractivity contribution >= 4 is 28.5 Å². The Balaban J connectivity index is 1.81. The van der Waals surface area contributed by atoms with E-state index in [2.05, 4.69) is 4.98 Å². The summed E-state index contributed by atoms with van der Waals surface area (Å²) in [6.07, 6.45) is 0. The Hall–Kier alpha value is -3.37. The van der Waals surface area contributed by atoms with E-state index < -0.39 is 11.6 Å². The molecule has 1 heterocycles. The van der Waals surface area contributed by atoms with Crippen LogP contribution in [0.3, 0.4) is 0 Å². The molecule has 0 aliphatic carbocycles. The number of carbonyl (C=O) groups excluding carboxylic acids is 1. The standard InChI is InChI=1S/C21H18ClN3O4/c1-21(2,29-15-9-7-14(22)8-10-15)20(27)28-13-18-24-17-6-4-3-5-16(17)19(26)25(18)12-11-23/h3-10H,12-13H2,1-2H3. The first-order chi connectivity index (χ1) is 13.8. The lowest BCUT2D eigenvalue weighted by Crippen LogP contribution is -2.40. The van der Waals surface area contributed by atoms with Gasteiger partial charge in [0.2, 0.25) is 0 Å². The van der Waals surface area contributed by atoms with Crippen molar-refractivity contribution in [2.75, 3.05) is 0 Å². The quantitative estimate of drug-likeness (QED) is 0.576. The average molecular weight is 412 g/mol. The molecule has 1 aromatic heterocycles. The van der Waals surface area contributed by atoms with Crippen LogP contribution in [0.1, 0.15) is 19.7 Å². The highest BCUT2D eigenvalue weighted by atomic mass is 35.5. The van der Waals surface area contributed by atoms with E-state index in [9.17, 15) is 9.59 Å². The molecule has 29 heavy (non-hydrogen) atoms. The van der Waals surface area contributed by atoms with Gasteiger partial charge in [-0.1, -0.05) is 23.7 Å². The Bertz CT molecular complexity index is 1150. The minimum Gasteiger partial charge on any atom is -0.476 e. The van der Waals surface area contributed by atoms with Crippen molar-refractivity contribution < 1.29 is 14.3 Å². The largest absolute Gasteiger partial charge is 0.476 e. The van der Waals surface area contributed by atoms with Crippen LogP contribution in [-0.2, 0) is 22.7 Å². The number of halogens is 1. The number of hydrogen-bond donors (Lipinski definition) is 0. The summed E-state index contributed by atoms with van der Waals surface area (Å²) in [5.74, 6) is 0.00540. The van der Waals surface area contributed by atoms with Gasteiger partial charge in [0.05, 0.1) is 17.0 Å². The summed E-state index contributed by atoms with van der Waals surface area (Å²) in [7, 11) is 0. The lowest BCUT2D eigenvalue weighted by atomic mass is 10.1. The summed E-state index contributed by atoms with van der Waals surface area (Å²) in [6, 6.07) is 15.3. The van der Waals surface area contributed by atoms with E-state index in [1.807, 2.05) is 6.07 Å². The van der Waals surface area contributed by atoms with E-state index in [-0.39, 0.29) is 24.5 Å². The zero-order valence-electron chi connectivity index (χ0n) is 15.9. The molecule has 3 aromatic rings. The monoisotopic (exact) mass is 411 g/mol. The maximum atomic E-state index is 12.6. The Morgan fingerprint density at radius 1 is 1.21 bits per heavy atom. The van der Waals surface area contributed by atoms with Crippen LogP contribution in [0.5, 0.6) is 5.75 Å². The number of fused-ring (bicyclic) bond motifs is 1. The van der Waals surface area contributed by atoms with Crippen LogP contribution >= 0.6 is 11.6 Å². The number of para-hydroxylation sites is 1. The van der Waals surface area contributed by atoms with Crippen molar-refractivity contribution in [3.8, 4) is 11.8 Å².